The summed E-state index contributed by atoms with van der Waals surface area (Å²) in [5, 5.41) is 33.6. The molecule has 3 N–H and O–H groups in total. The minimum atomic E-state index is -1.05. The van der Waals surface area contributed by atoms with Crippen molar-refractivity contribution < 1.29 is 43.9 Å². The van der Waals surface area contributed by atoms with Crippen molar-refractivity contribution in [2.75, 3.05) is 6.61 Å². The van der Waals surface area contributed by atoms with Crippen LogP contribution < -0.4 is 0 Å². The van der Waals surface area contributed by atoms with Gasteiger partial charge in [-0.25, -0.2) is 0 Å². The summed E-state index contributed by atoms with van der Waals surface area (Å²) in [6.07, 6.45) is 8.40. The van der Waals surface area contributed by atoms with Crippen LogP contribution in [-0.4, -0.2) is 67.8 Å². The second-order valence-electron chi connectivity index (χ2n) is 15.9. The monoisotopic (exact) mass is 590 g/mol. The van der Waals surface area contributed by atoms with Gasteiger partial charge in [0.25, 0.3) is 0 Å². The number of ether oxygens (including phenoxy) is 3. The first kappa shape index (κ1) is 30.3. The Morgan fingerprint density at radius 1 is 0.738 bits per heavy atom. The van der Waals surface area contributed by atoms with E-state index >= 15 is 0 Å². The second kappa shape index (κ2) is 10.2. The van der Waals surface area contributed by atoms with Gasteiger partial charge in [0.05, 0.1) is 40.7 Å². The number of esters is 3. The molecule has 8 saturated carbocycles. The fourth-order valence-corrected chi connectivity index (χ4v) is 11.0. The Balaban J connectivity index is 1.11. The summed E-state index contributed by atoms with van der Waals surface area (Å²) in [6.45, 7) is 6.06. The Hall–Kier alpha value is -1.71. The van der Waals surface area contributed by atoms with E-state index in [1.165, 1.54) is 0 Å². The fraction of sp³-hybridized carbons (Fsp3) is 0.909. The first-order valence-corrected chi connectivity index (χ1v) is 16.4. The van der Waals surface area contributed by atoms with E-state index in [9.17, 15) is 29.7 Å². The highest BCUT2D eigenvalue weighted by atomic mass is 16.6. The Morgan fingerprint density at radius 2 is 1.29 bits per heavy atom. The molecule has 9 heteroatoms. The number of rotatable bonds is 11. The number of unbranched alkanes of at least 4 members (excludes halogenated alkanes) is 1. The molecule has 9 nitrogen and oxygen atoms in total. The van der Waals surface area contributed by atoms with E-state index < -0.39 is 57.2 Å². The maximum atomic E-state index is 13.7. The first-order valence-electron chi connectivity index (χ1n) is 16.4. The SMILES string of the molecule is CCCCOC(=O)C12CC3CC(O)(CC(OC(=O)C(CC)CC(C)C(=O)OC45CC6CC(O)(CC(O)(C6)C4)C5)(C3)C1)C2. The largest absolute Gasteiger partial charge is 0.465 e. The molecule has 8 unspecified atom stereocenters. The molecule has 8 atom stereocenters. The molecule has 8 fully saturated rings. The summed E-state index contributed by atoms with van der Waals surface area (Å²) in [6, 6.07) is 0. The molecule has 0 heterocycles. The molecular weight excluding hydrogens is 540 g/mol. The Morgan fingerprint density at radius 3 is 1.83 bits per heavy atom. The summed E-state index contributed by atoms with van der Waals surface area (Å²) >= 11 is 0. The van der Waals surface area contributed by atoms with Gasteiger partial charge in [-0.3, -0.25) is 14.4 Å². The Kier molecular flexibility index (Phi) is 7.34. The summed E-state index contributed by atoms with van der Waals surface area (Å²) in [5.74, 6) is -1.95. The van der Waals surface area contributed by atoms with Gasteiger partial charge < -0.3 is 29.5 Å². The number of carbonyl (C=O) groups excluding carboxylic acids is 3. The van der Waals surface area contributed by atoms with Crippen molar-refractivity contribution in [1.82, 2.24) is 0 Å². The van der Waals surface area contributed by atoms with E-state index in [1.54, 1.807) is 6.92 Å². The molecule has 0 amide bonds. The summed E-state index contributed by atoms with van der Waals surface area (Å²) < 4.78 is 18.0. The normalized spacial score (nSPS) is 45.9. The van der Waals surface area contributed by atoms with E-state index in [-0.39, 0.29) is 24.2 Å². The Bertz CT molecular complexity index is 1100. The third-order valence-electron chi connectivity index (χ3n) is 11.6. The number of hydrogen-bond donors (Lipinski definition) is 3. The molecule has 8 rings (SSSR count). The van der Waals surface area contributed by atoms with E-state index in [2.05, 4.69) is 0 Å². The van der Waals surface area contributed by atoms with E-state index in [0.29, 0.717) is 90.1 Å². The van der Waals surface area contributed by atoms with Gasteiger partial charge >= 0.3 is 17.9 Å². The second-order valence-corrected chi connectivity index (χ2v) is 15.9. The van der Waals surface area contributed by atoms with Crippen LogP contribution in [-0.2, 0) is 28.6 Å². The quantitative estimate of drug-likeness (QED) is 0.184. The molecule has 8 bridgehead atoms. The van der Waals surface area contributed by atoms with Crippen LogP contribution in [0.4, 0.5) is 0 Å². The molecule has 0 aromatic rings. The van der Waals surface area contributed by atoms with Crippen LogP contribution >= 0.6 is 0 Å². The minimum absolute atomic E-state index is 0.0941. The van der Waals surface area contributed by atoms with Gasteiger partial charge in [-0.2, -0.15) is 0 Å². The molecular formula is C33H50O9. The molecule has 8 aliphatic rings. The zero-order valence-electron chi connectivity index (χ0n) is 25.6. The van der Waals surface area contributed by atoms with Crippen LogP contribution in [0.1, 0.15) is 124 Å². The van der Waals surface area contributed by atoms with Crippen LogP contribution in [0.25, 0.3) is 0 Å². The summed E-state index contributed by atoms with van der Waals surface area (Å²) in [4.78, 5) is 40.3. The molecule has 0 saturated heterocycles. The summed E-state index contributed by atoms with van der Waals surface area (Å²) in [5.41, 5.74) is -5.62. The van der Waals surface area contributed by atoms with Gasteiger partial charge in [0.2, 0.25) is 0 Å². The van der Waals surface area contributed by atoms with Crippen LogP contribution in [0.5, 0.6) is 0 Å². The summed E-state index contributed by atoms with van der Waals surface area (Å²) in [7, 11) is 0. The van der Waals surface area contributed by atoms with Gasteiger partial charge in [0.1, 0.15) is 11.2 Å². The highest BCUT2D eigenvalue weighted by molar-refractivity contribution is 5.79. The number of carbonyl (C=O) groups is 3. The van der Waals surface area contributed by atoms with Crippen LogP contribution in [0.15, 0.2) is 0 Å². The number of hydrogen-bond acceptors (Lipinski definition) is 9. The van der Waals surface area contributed by atoms with E-state index in [4.69, 9.17) is 14.2 Å². The van der Waals surface area contributed by atoms with Crippen molar-refractivity contribution in [1.29, 1.82) is 0 Å². The van der Waals surface area contributed by atoms with Crippen molar-refractivity contribution in [3.05, 3.63) is 0 Å². The first-order chi connectivity index (χ1) is 19.6. The predicted octanol–water partition coefficient (Wildman–Crippen LogP) is 4.12. The highest BCUT2D eigenvalue weighted by Crippen LogP contribution is 2.65. The van der Waals surface area contributed by atoms with Crippen molar-refractivity contribution >= 4 is 17.9 Å². The van der Waals surface area contributed by atoms with Gasteiger partial charge in [-0.15, -0.1) is 0 Å². The van der Waals surface area contributed by atoms with Crippen molar-refractivity contribution in [3.8, 4) is 0 Å². The predicted molar refractivity (Wildman–Crippen MR) is 151 cm³/mol. The molecule has 236 valence electrons. The zero-order valence-corrected chi connectivity index (χ0v) is 25.6. The average Bonchev–Trinajstić information content (AvgIpc) is 2.82. The standard InChI is InChI=1S/C33H50O9/c1-4-6-7-40-27(36)28-9-22-10-29(37,15-28)18-32(13-22,16-28)42-26(35)24(5-2)8-21(3)25(34)41-33-14-23-11-30(38,19-33)17-31(39,12-23)20-33/h21-24,37-39H,4-20H2,1-3H3. The zero-order chi connectivity index (χ0) is 30.2. The minimum Gasteiger partial charge on any atom is -0.465 e. The molecule has 0 aromatic heterocycles. The molecule has 0 aromatic carbocycles. The fourth-order valence-electron chi connectivity index (χ4n) is 11.0. The lowest BCUT2D eigenvalue weighted by Crippen LogP contribution is -2.67. The van der Waals surface area contributed by atoms with Crippen molar-refractivity contribution in [2.24, 2.45) is 29.1 Å². The van der Waals surface area contributed by atoms with Crippen LogP contribution in [0.2, 0.25) is 0 Å². The smallest absolute Gasteiger partial charge is 0.312 e. The topological polar surface area (TPSA) is 140 Å². The maximum absolute atomic E-state index is 13.7. The lowest BCUT2D eigenvalue weighted by Gasteiger charge is -2.62. The average molecular weight is 591 g/mol. The van der Waals surface area contributed by atoms with Gasteiger partial charge in [0.15, 0.2) is 0 Å². The molecule has 8 aliphatic carbocycles. The number of aliphatic hydroxyl groups is 3. The lowest BCUT2D eigenvalue weighted by molar-refractivity contribution is -0.262. The van der Waals surface area contributed by atoms with Crippen molar-refractivity contribution in [2.45, 2.75) is 152 Å². The Labute approximate surface area is 249 Å². The maximum Gasteiger partial charge on any atom is 0.312 e. The highest BCUT2D eigenvalue weighted by Gasteiger charge is 2.68. The van der Waals surface area contributed by atoms with Gasteiger partial charge in [-0.05, 0) is 76.0 Å². The van der Waals surface area contributed by atoms with Crippen molar-refractivity contribution in [3.63, 3.8) is 0 Å². The van der Waals surface area contributed by atoms with Gasteiger partial charge in [-0.1, -0.05) is 27.2 Å². The third kappa shape index (κ3) is 5.40. The lowest BCUT2D eigenvalue weighted by atomic mass is 9.46. The molecule has 0 aliphatic heterocycles. The van der Waals surface area contributed by atoms with Crippen LogP contribution in [0, 0.1) is 29.1 Å². The van der Waals surface area contributed by atoms with E-state index in [1.807, 2.05) is 13.8 Å². The molecule has 0 spiro atoms. The van der Waals surface area contributed by atoms with Gasteiger partial charge in [0, 0.05) is 32.1 Å². The third-order valence-corrected chi connectivity index (χ3v) is 11.6. The van der Waals surface area contributed by atoms with E-state index in [0.717, 1.165) is 12.8 Å². The molecule has 0 radical (unpaired) electrons. The van der Waals surface area contributed by atoms with Crippen LogP contribution in [0.3, 0.4) is 0 Å². The molecule has 42 heavy (non-hydrogen) atoms.